The number of carbonyl (C=O) groups is 1. The van der Waals surface area contributed by atoms with E-state index < -0.39 is 5.60 Å². The Kier molecular flexibility index (Phi) is 4.96. The summed E-state index contributed by atoms with van der Waals surface area (Å²) in [5, 5.41) is 9.72. The van der Waals surface area contributed by atoms with Gasteiger partial charge in [-0.1, -0.05) is 18.7 Å². The van der Waals surface area contributed by atoms with Gasteiger partial charge in [0.2, 0.25) is 0 Å². The summed E-state index contributed by atoms with van der Waals surface area (Å²) >= 11 is 0. The molecule has 0 aliphatic carbocycles. The van der Waals surface area contributed by atoms with Gasteiger partial charge in [-0.15, -0.1) is 0 Å². The molecule has 1 rings (SSSR count). The first-order valence-corrected chi connectivity index (χ1v) is 6.31. The maximum Gasteiger partial charge on any atom is 0.410 e. The van der Waals surface area contributed by atoms with Gasteiger partial charge in [-0.3, -0.25) is 0 Å². The van der Waals surface area contributed by atoms with Gasteiger partial charge in [-0.25, -0.2) is 4.79 Å². The summed E-state index contributed by atoms with van der Waals surface area (Å²) in [7, 11) is 0. The number of cyclic esters (lactones) is 1. The number of hydrogen-bond donors (Lipinski definition) is 1. The summed E-state index contributed by atoms with van der Waals surface area (Å²) in [5.41, 5.74) is 0.204. The molecule has 0 bridgehead atoms. The van der Waals surface area contributed by atoms with E-state index in [-0.39, 0.29) is 12.2 Å². The van der Waals surface area contributed by atoms with E-state index in [4.69, 9.17) is 4.74 Å². The van der Waals surface area contributed by atoms with Crippen LogP contribution in [0.1, 0.15) is 33.6 Å². The van der Waals surface area contributed by atoms with Gasteiger partial charge in [0.05, 0.1) is 5.60 Å². The number of allylic oxidation sites excluding steroid dienone is 1. The third-order valence-corrected chi connectivity index (χ3v) is 2.98. The fourth-order valence-corrected chi connectivity index (χ4v) is 2.01. The van der Waals surface area contributed by atoms with Crippen LogP contribution in [-0.2, 0) is 4.74 Å². The topological polar surface area (TPSA) is 49.8 Å². The lowest BCUT2D eigenvalue weighted by Crippen LogP contribution is -2.44. The minimum absolute atomic E-state index is 0.188. The number of nitrogens with zero attached hydrogens (tertiary/aromatic N) is 1. The summed E-state index contributed by atoms with van der Waals surface area (Å²) < 4.78 is 5.33. The molecule has 1 amide bonds. The molecule has 1 N–H and O–H groups in total. The molecule has 0 saturated carbocycles. The second-order valence-corrected chi connectivity index (χ2v) is 5.30. The first kappa shape index (κ1) is 14.8. The zero-order valence-corrected chi connectivity index (χ0v) is 11.5. The summed E-state index contributed by atoms with van der Waals surface area (Å²) in [6.07, 6.45) is 4.41. The van der Waals surface area contributed by atoms with Gasteiger partial charge in [-0.05, 0) is 26.3 Å². The Morgan fingerprint density at radius 2 is 2.33 bits per heavy atom. The van der Waals surface area contributed by atoms with Crippen LogP contribution in [0.5, 0.6) is 0 Å². The Hall–Kier alpha value is -1.29. The highest BCUT2D eigenvalue weighted by atomic mass is 16.6. The van der Waals surface area contributed by atoms with E-state index in [1.165, 1.54) is 0 Å². The number of carbonyl (C=O) groups excluding carboxylic acids is 1. The van der Waals surface area contributed by atoms with E-state index >= 15 is 0 Å². The van der Waals surface area contributed by atoms with Crippen LogP contribution in [0.15, 0.2) is 24.3 Å². The predicted octanol–water partition coefficient (Wildman–Crippen LogP) is 2.49. The Bertz CT molecular complexity index is 341. The SMILES string of the molecule is C=C/C(=C\C)CN1CCC(CC(C)(C)O)OC1=O. The molecule has 102 valence electrons. The fourth-order valence-electron chi connectivity index (χ4n) is 2.01. The predicted molar refractivity (Wildman–Crippen MR) is 71.3 cm³/mol. The van der Waals surface area contributed by atoms with Gasteiger partial charge in [-0.2, -0.15) is 0 Å². The molecule has 0 spiro atoms. The molecule has 1 aliphatic heterocycles. The highest BCUT2D eigenvalue weighted by Gasteiger charge is 2.30. The normalized spacial score (nSPS) is 21.8. The lowest BCUT2D eigenvalue weighted by molar-refractivity contribution is -0.0234. The van der Waals surface area contributed by atoms with Crippen LogP contribution in [0.25, 0.3) is 0 Å². The lowest BCUT2D eigenvalue weighted by Gasteiger charge is -2.34. The van der Waals surface area contributed by atoms with Crippen LogP contribution in [0.2, 0.25) is 0 Å². The second-order valence-electron chi connectivity index (χ2n) is 5.30. The van der Waals surface area contributed by atoms with Crippen molar-refractivity contribution in [1.82, 2.24) is 4.90 Å². The third kappa shape index (κ3) is 4.53. The molecule has 4 nitrogen and oxygen atoms in total. The standard InChI is InChI=1S/C14H23NO3/c1-5-11(6-2)10-15-8-7-12(18-13(15)16)9-14(3,4)17/h5-6,12,17H,1,7-10H2,2-4H3/b11-6+. The molecule has 0 aromatic heterocycles. The van der Waals surface area contributed by atoms with Crippen molar-refractivity contribution in [1.29, 1.82) is 0 Å². The fraction of sp³-hybridized carbons (Fsp3) is 0.643. The summed E-state index contributed by atoms with van der Waals surface area (Å²) in [6, 6.07) is 0. The van der Waals surface area contributed by atoms with Crippen molar-refractivity contribution >= 4 is 6.09 Å². The minimum atomic E-state index is -0.803. The van der Waals surface area contributed by atoms with E-state index in [1.807, 2.05) is 13.0 Å². The summed E-state index contributed by atoms with van der Waals surface area (Å²) in [6.45, 7) is 10.3. The highest BCUT2D eigenvalue weighted by molar-refractivity contribution is 5.69. The summed E-state index contributed by atoms with van der Waals surface area (Å²) in [4.78, 5) is 13.5. The van der Waals surface area contributed by atoms with Crippen molar-refractivity contribution in [3.63, 3.8) is 0 Å². The van der Waals surface area contributed by atoms with Crippen molar-refractivity contribution in [2.75, 3.05) is 13.1 Å². The average Bonchev–Trinajstić information content (AvgIpc) is 2.26. The van der Waals surface area contributed by atoms with E-state index in [0.29, 0.717) is 19.5 Å². The Labute approximate surface area is 109 Å². The molecule has 1 aliphatic rings. The number of ether oxygens (including phenoxy) is 1. The van der Waals surface area contributed by atoms with Gasteiger partial charge >= 0.3 is 6.09 Å². The van der Waals surface area contributed by atoms with Crippen LogP contribution in [0, 0.1) is 0 Å². The molecular weight excluding hydrogens is 230 g/mol. The highest BCUT2D eigenvalue weighted by Crippen LogP contribution is 2.21. The van der Waals surface area contributed by atoms with Gasteiger partial charge in [0, 0.05) is 25.9 Å². The Balaban J connectivity index is 2.51. The average molecular weight is 253 g/mol. The number of hydrogen-bond acceptors (Lipinski definition) is 3. The maximum absolute atomic E-state index is 11.8. The van der Waals surface area contributed by atoms with Crippen molar-refractivity contribution in [3.05, 3.63) is 24.3 Å². The largest absolute Gasteiger partial charge is 0.446 e. The van der Waals surface area contributed by atoms with Gasteiger partial charge < -0.3 is 14.7 Å². The van der Waals surface area contributed by atoms with Gasteiger partial charge in [0.25, 0.3) is 0 Å². The van der Waals surface area contributed by atoms with Gasteiger partial charge in [0.15, 0.2) is 0 Å². The van der Waals surface area contributed by atoms with Crippen LogP contribution in [-0.4, -0.2) is 40.9 Å². The number of aliphatic hydroxyl groups is 1. The number of rotatable bonds is 5. The Morgan fingerprint density at radius 1 is 1.67 bits per heavy atom. The molecule has 1 unspecified atom stereocenters. The van der Waals surface area contributed by atoms with Crippen molar-refractivity contribution in [2.45, 2.75) is 45.3 Å². The first-order chi connectivity index (χ1) is 8.35. The van der Waals surface area contributed by atoms with Crippen LogP contribution in [0.4, 0.5) is 4.79 Å². The molecular formula is C14H23NO3. The van der Waals surface area contributed by atoms with Crippen LogP contribution >= 0.6 is 0 Å². The molecule has 0 aromatic carbocycles. The zero-order chi connectivity index (χ0) is 13.8. The lowest BCUT2D eigenvalue weighted by atomic mass is 9.98. The third-order valence-electron chi connectivity index (χ3n) is 2.98. The molecule has 18 heavy (non-hydrogen) atoms. The molecule has 1 fully saturated rings. The van der Waals surface area contributed by atoms with E-state index in [9.17, 15) is 9.90 Å². The second kappa shape index (κ2) is 6.05. The first-order valence-electron chi connectivity index (χ1n) is 6.31. The molecule has 0 radical (unpaired) electrons. The van der Waals surface area contributed by atoms with Crippen LogP contribution < -0.4 is 0 Å². The maximum atomic E-state index is 11.8. The van der Waals surface area contributed by atoms with E-state index in [1.54, 1.807) is 24.8 Å². The smallest absolute Gasteiger partial charge is 0.410 e. The minimum Gasteiger partial charge on any atom is -0.446 e. The number of amides is 1. The van der Waals surface area contributed by atoms with Gasteiger partial charge in [0.1, 0.15) is 6.10 Å². The van der Waals surface area contributed by atoms with E-state index in [0.717, 1.165) is 12.0 Å². The summed E-state index contributed by atoms with van der Waals surface area (Å²) in [5.74, 6) is 0. The van der Waals surface area contributed by atoms with Crippen molar-refractivity contribution in [2.24, 2.45) is 0 Å². The van der Waals surface area contributed by atoms with Crippen LogP contribution in [0.3, 0.4) is 0 Å². The van der Waals surface area contributed by atoms with Crippen molar-refractivity contribution in [3.8, 4) is 0 Å². The molecule has 4 heteroatoms. The molecule has 1 atom stereocenters. The molecule has 0 aromatic rings. The Morgan fingerprint density at radius 3 is 2.78 bits per heavy atom. The molecule has 1 heterocycles. The quantitative estimate of drug-likeness (QED) is 0.766. The van der Waals surface area contributed by atoms with E-state index in [2.05, 4.69) is 6.58 Å². The molecule has 1 saturated heterocycles. The zero-order valence-electron chi connectivity index (χ0n) is 11.5. The monoisotopic (exact) mass is 253 g/mol. The van der Waals surface area contributed by atoms with Crippen molar-refractivity contribution < 1.29 is 14.6 Å².